The Morgan fingerprint density at radius 3 is 0.743 bits per heavy atom. The standard InChI is InChI=1S/C21H30N6O9.C18H30N4O3.C15H24N4O3.C13H19N3O3.C13H23N3O2.C11H17NO4/c1-4-16(31)22-7-13(28)10-25-19(34)26(11-14(29)8-23-17(32)5-2)21(36)27(20(25)35)12-15(30)9-24-18(33)6-3;1-13(2)16(23)19-7-10-22(11-8-20-17(24)14(3)4)12-9-21-18(25)15(5)6;1-4-13(20)16-7-10-19(11-8-17-14(21)5-2)12-9-18-15(22)6-3;1-4-11(17)14-7-9-16(13(19)6-3)10-8-15-12(18)5-2;1-4-12(17)14-8-6-10-16(3)11-7-9-15-13(18)5-2;1-6(2)8(13)5-9(14)11(16)12-10(15)7(3)4/h4-6,13-15,28-30H,1-3,7-12H2,(H,22,31)(H,23,32)(H,24,33);1,3,5,7-12H2,2,4,6H3,(H,19,23)(H,20,24)(H,21,25);4-6H,1-3,7-12H2,(H,16,20)(H,17,21)(H,18,22);4-6H,1-3,7-10H2,(H,14,17)(H,15,18);4-5H,1-2,6-11H2,3H3,(H,14,17)(H,15,18);9,11,14,16H,1,3,5H2,2,4H3,(H,12,15). The first-order chi connectivity index (χ1) is 64.0. The summed E-state index contributed by atoms with van der Waals surface area (Å²) in [6.07, 6.45) is 6.86. The van der Waals surface area contributed by atoms with Crippen LogP contribution in [0.3, 0.4) is 0 Å². The van der Waals surface area contributed by atoms with Gasteiger partial charge in [0.15, 0.2) is 12.0 Å². The summed E-state index contributed by atoms with van der Waals surface area (Å²) in [4.78, 5) is 226. The fourth-order valence-electron chi connectivity index (χ4n) is 9.62. The minimum absolute atomic E-state index is 0.134. The molecule has 19 N–H and O–H groups in total. The van der Waals surface area contributed by atoms with Gasteiger partial charge in [0, 0.05) is 166 Å². The summed E-state index contributed by atoms with van der Waals surface area (Å²) in [5, 5.41) is 85.2. The van der Waals surface area contributed by atoms with Gasteiger partial charge in [0.25, 0.3) is 0 Å². The predicted octanol–water partition coefficient (Wildman–Crippen LogP) is -5.48. The number of Topliss-reactive ketones (excluding diaryl/α,β-unsaturated/α-hetero) is 1. The third kappa shape index (κ3) is 68.6. The van der Waals surface area contributed by atoms with Gasteiger partial charge in [-0.15, -0.1) is 0 Å². The fraction of sp³-hybridized carbons (Fsp3) is 0.440. The second kappa shape index (κ2) is 79.2. The molecule has 0 fully saturated rings. The average Bonchev–Trinajstić information content (AvgIpc) is 0.777. The Balaban J connectivity index is -0.000000517. The summed E-state index contributed by atoms with van der Waals surface area (Å²) in [6, 6.07) is 0. The number of rotatable bonds is 64. The first-order valence-corrected chi connectivity index (χ1v) is 42.4. The molecule has 0 aromatic carbocycles. The molecule has 1 rings (SSSR count). The highest BCUT2D eigenvalue weighted by Gasteiger charge is 2.25. The highest BCUT2D eigenvalue weighted by molar-refractivity contribution is 5.96. The van der Waals surface area contributed by atoms with Crippen molar-refractivity contribution in [3.63, 3.8) is 0 Å². The largest absolute Gasteiger partial charge is 0.389 e. The van der Waals surface area contributed by atoms with Gasteiger partial charge in [-0.3, -0.25) is 86.5 Å². The maximum Gasteiger partial charge on any atom is 0.336 e. The second-order valence-electron chi connectivity index (χ2n) is 29.0. The Bertz CT molecular complexity index is 4070. The number of nitrogens with one attached hydrogen (secondary N) is 14. The molecular weight excluding hydrogens is 1770 g/mol. The van der Waals surface area contributed by atoms with Crippen molar-refractivity contribution in [2.45, 2.75) is 104 Å². The molecule has 0 aliphatic carbocycles. The van der Waals surface area contributed by atoms with E-state index in [0.717, 1.165) is 56.3 Å². The van der Waals surface area contributed by atoms with E-state index < -0.39 is 91.0 Å². The van der Waals surface area contributed by atoms with Crippen molar-refractivity contribution in [2.75, 3.05) is 158 Å². The van der Waals surface area contributed by atoms with Gasteiger partial charge in [-0.25, -0.2) is 28.1 Å². The molecule has 1 aromatic heterocycles. The summed E-state index contributed by atoms with van der Waals surface area (Å²) in [7, 11) is 2.02. The summed E-state index contributed by atoms with van der Waals surface area (Å²) in [5.41, 5.74) is -1.69. The van der Waals surface area contributed by atoms with Crippen molar-refractivity contribution >= 4 is 94.4 Å². The number of hydrogen-bond donors (Lipinski definition) is 19. The van der Waals surface area contributed by atoms with Gasteiger partial charge in [0.1, 0.15) is 6.10 Å². The maximum absolute atomic E-state index is 12.9. The molecule has 0 aliphatic heterocycles. The first-order valence-electron chi connectivity index (χ1n) is 42.4. The summed E-state index contributed by atoms with van der Waals surface area (Å²) in [5.74, 6) is -5.19. The van der Waals surface area contributed by atoms with E-state index in [2.05, 4.69) is 185 Å². The van der Waals surface area contributed by atoms with Crippen LogP contribution < -0.4 is 91.5 Å². The molecular formula is C91H143N21O24. The van der Waals surface area contributed by atoms with E-state index in [1.807, 2.05) is 16.8 Å². The van der Waals surface area contributed by atoms with E-state index in [1.165, 1.54) is 55.2 Å². The van der Waals surface area contributed by atoms with Gasteiger partial charge in [-0.2, -0.15) is 0 Å². The average molecular weight is 1920 g/mol. The molecule has 1 aromatic rings. The van der Waals surface area contributed by atoms with Gasteiger partial charge in [0.2, 0.25) is 88.6 Å². The van der Waals surface area contributed by atoms with Crippen LogP contribution in [-0.2, 0) is 96.3 Å². The van der Waals surface area contributed by atoms with Crippen LogP contribution in [0.5, 0.6) is 0 Å². The molecule has 0 radical (unpaired) electrons. The van der Waals surface area contributed by atoms with E-state index in [1.54, 1.807) is 20.8 Å². The topological polar surface area (TPSA) is 622 Å². The number of allylic oxidation sites excluding steroid dienone is 1. The molecule has 0 spiro atoms. The van der Waals surface area contributed by atoms with Crippen LogP contribution in [0, 0.1) is 0 Å². The highest BCUT2D eigenvalue weighted by Crippen LogP contribution is 2.05. The van der Waals surface area contributed by atoms with E-state index >= 15 is 0 Å². The molecule has 45 heteroatoms. The summed E-state index contributed by atoms with van der Waals surface area (Å²) >= 11 is 0. The predicted molar refractivity (Wildman–Crippen MR) is 519 cm³/mol. The zero-order valence-electron chi connectivity index (χ0n) is 79.2. The first kappa shape index (κ1) is 130. The third-order valence-corrected chi connectivity index (χ3v) is 17.2. The van der Waals surface area contributed by atoms with Crippen molar-refractivity contribution in [3.8, 4) is 0 Å². The van der Waals surface area contributed by atoms with Gasteiger partial charge in [-0.05, 0) is 140 Å². The van der Waals surface area contributed by atoms with Crippen molar-refractivity contribution < 1.29 is 102 Å². The number of amides is 15. The number of carbonyl (C=O) groups excluding carboxylic acids is 16. The smallest absolute Gasteiger partial charge is 0.336 e. The number of aromatic nitrogens is 3. The van der Waals surface area contributed by atoms with E-state index in [9.17, 15) is 117 Å². The molecule has 5 atom stereocenters. The molecule has 45 nitrogen and oxygen atoms in total. The van der Waals surface area contributed by atoms with Gasteiger partial charge >= 0.3 is 17.1 Å². The number of aliphatic hydroxyl groups excluding tert-OH is 5. The highest BCUT2D eigenvalue weighted by atomic mass is 16.3. The number of ketones is 1. The molecule has 0 aliphatic rings. The van der Waals surface area contributed by atoms with Crippen LogP contribution in [0.4, 0.5) is 0 Å². The van der Waals surface area contributed by atoms with Crippen LogP contribution >= 0.6 is 0 Å². The zero-order chi connectivity index (χ0) is 105. The molecule has 1 heterocycles. The lowest BCUT2D eigenvalue weighted by Gasteiger charge is -2.23. The number of carbonyl (C=O) groups is 16. The molecule has 15 amide bonds. The Morgan fingerprint density at radius 1 is 0.301 bits per heavy atom. The van der Waals surface area contributed by atoms with Crippen LogP contribution in [-0.4, -0.2) is 341 Å². The molecule has 136 heavy (non-hydrogen) atoms. The van der Waals surface area contributed by atoms with Crippen molar-refractivity contribution in [3.05, 3.63) is 231 Å². The molecule has 0 saturated heterocycles. The minimum atomic E-state index is -1.49. The van der Waals surface area contributed by atoms with Crippen LogP contribution in [0.25, 0.3) is 0 Å². The normalized spacial score (nSPS) is 11.1. The number of nitrogens with zero attached hydrogens (tertiary/aromatic N) is 7. The van der Waals surface area contributed by atoms with Crippen molar-refractivity contribution in [2.24, 2.45) is 0 Å². The Morgan fingerprint density at radius 2 is 0.522 bits per heavy atom. The quantitative estimate of drug-likeness (QED) is 0.0164. The number of hydrogen-bond acceptors (Lipinski definition) is 27. The summed E-state index contributed by atoms with van der Waals surface area (Å²) in [6.45, 7) is 69.8. The lowest BCUT2D eigenvalue weighted by atomic mass is 10.1. The van der Waals surface area contributed by atoms with Gasteiger partial charge in [-0.1, -0.05) is 105 Å². The molecule has 5 unspecified atom stereocenters. The van der Waals surface area contributed by atoms with Gasteiger partial charge < -0.3 is 110 Å². The maximum atomic E-state index is 12.9. The summed E-state index contributed by atoms with van der Waals surface area (Å²) < 4.78 is 1.49. The lowest BCUT2D eigenvalue weighted by molar-refractivity contribution is -0.127. The Kier molecular flexibility index (Phi) is 75.8. The Labute approximate surface area is 794 Å². The third-order valence-electron chi connectivity index (χ3n) is 17.2. The molecule has 0 bridgehead atoms. The SMILES string of the molecule is C=C(C)C(=O)CC(O)C(O)NC(=O)C(=C)C.C=C(C)C(=O)NCCN(CCNC(=O)C(=C)C)CCNC(=O)C(=C)C.C=CC(=O)NCC(O)Cn1c(=O)n(CC(O)CNC(=O)C=C)c(=O)n(CC(O)CNC(=O)C=C)c1=O.C=CC(=O)NCCCN(C)CCCNC(=O)C=C.C=CC(=O)NCCN(CCNC(=O)C=C)C(=O)C=C.C=CC(=O)NCCN(CCNC(=O)C=C)CCNC(=O)C=C. The van der Waals surface area contributed by atoms with E-state index in [4.69, 9.17) is 0 Å². The van der Waals surface area contributed by atoms with E-state index in [-0.39, 0.29) is 108 Å². The number of aliphatic hydroxyl groups is 5. The Hall–Kier alpha value is -14.4. The van der Waals surface area contributed by atoms with Crippen LogP contribution in [0.15, 0.2) is 214 Å². The van der Waals surface area contributed by atoms with Crippen LogP contribution in [0.1, 0.15) is 53.9 Å². The molecule has 756 valence electrons. The van der Waals surface area contributed by atoms with E-state index in [0.29, 0.717) is 148 Å². The van der Waals surface area contributed by atoms with Crippen LogP contribution in [0.2, 0.25) is 0 Å². The monoisotopic (exact) mass is 1910 g/mol. The fourth-order valence-corrected chi connectivity index (χ4v) is 9.62. The second-order valence-corrected chi connectivity index (χ2v) is 29.0. The lowest BCUT2D eigenvalue weighted by Crippen LogP contribution is -2.58. The zero-order valence-corrected chi connectivity index (χ0v) is 79.2. The molecule has 0 saturated carbocycles. The minimum Gasteiger partial charge on any atom is -0.389 e. The van der Waals surface area contributed by atoms with Crippen molar-refractivity contribution in [1.82, 2.24) is 108 Å². The van der Waals surface area contributed by atoms with Crippen molar-refractivity contribution in [1.29, 1.82) is 0 Å². The van der Waals surface area contributed by atoms with Gasteiger partial charge in [0.05, 0.1) is 37.9 Å².